The van der Waals surface area contributed by atoms with Crippen LogP contribution in [0.3, 0.4) is 0 Å². The molecule has 0 saturated carbocycles. The van der Waals surface area contributed by atoms with E-state index in [1.54, 1.807) is 11.3 Å². The molecule has 1 aliphatic rings. The van der Waals surface area contributed by atoms with E-state index in [0.29, 0.717) is 29.0 Å². The van der Waals surface area contributed by atoms with Crippen molar-refractivity contribution in [3.8, 4) is 17.0 Å². The topological polar surface area (TPSA) is 90.8 Å². The molecule has 0 unspecified atom stereocenters. The van der Waals surface area contributed by atoms with Gasteiger partial charge in [-0.3, -0.25) is 14.6 Å². The molecule has 0 radical (unpaired) electrons. The zero-order valence-corrected chi connectivity index (χ0v) is 23.7. The molecule has 0 bridgehead atoms. The normalized spacial score (nSPS) is 17.5. The molecule has 2 aromatic heterocycles. The third kappa shape index (κ3) is 6.88. The van der Waals surface area contributed by atoms with Crippen LogP contribution in [-0.4, -0.2) is 82.3 Å². The number of carbonyl (C=O) groups is 1. The van der Waals surface area contributed by atoms with Crippen molar-refractivity contribution < 1.29 is 14.6 Å². The lowest BCUT2D eigenvalue weighted by Crippen LogP contribution is -2.55. The third-order valence-electron chi connectivity index (χ3n) is 6.46. The largest absolute Gasteiger partial charge is 0.491 e. The van der Waals surface area contributed by atoms with Crippen LogP contribution in [0.25, 0.3) is 21.5 Å². The number of hydrogen-bond donors (Lipinski definition) is 2. The predicted octanol–water partition coefficient (Wildman–Crippen LogP) is 4.77. The number of ether oxygens (including phenoxy) is 1. The van der Waals surface area contributed by atoms with Gasteiger partial charge in [-0.15, -0.1) is 22.7 Å². The number of hydrogen-bond acceptors (Lipinski definition) is 9. The summed E-state index contributed by atoms with van der Waals surface area (Å²) in [6.45, 7) is 7.42. The van der Waals surface area contributed by atoms with Gasteiger partial charge in [0.15, 0.2) is 5.13 Å². The highest BCUT2D eigenvalue weighted by Crippen LogP contribution is 2.27. The fraction of sp³-hybridized carbons (Fsp3) is 0.370. The molecule has 1 fully saturated rings. The van der Waals surface area contributed by atoms with Crippen LogP contribution in [0.2, 0.25) is 5.02 Å². The number of aromatic nitrogens is 2. The molecular weight excluding hydrogens is 542 g/mol. The Labute approximate surface area is 234 Å². The first-order valence-corrected chi connectivity index (χ1v) is 14.6. The van der Waals surface area contributed by atoms with Crippen molar-refractivity contribution >= 4 is 55.5 Å². The number of carbonyl (C=O) groups excluding carboxylic acids is 1. The van der Waals surface area contributed by atoms with Gasteiger partial charge in [-0.25, -0.2) is 9.97 Å². The maximum absolute atomic E-state index is 12.7. The molecule has 2 N–H and O–H groups in total. The van der Waals surface area contributed by atoms with Crippen LogP contribution < -0.4 is 10.1 Å². The number of β-amino-alcohol motifs (C(OH)–C–C–N with tert-alkyl or cyclic N) is 1. The van der Waals surface area contributed by atoms with Crippen LogP contribution in [-0.2, 0) is 4.79 Å². The average molecular weight is 572 g/mol. The minimum absolute atomic E-state index is 0.0802. The van der Waals surface area contributed by atoms with Crippen molar-refractivity contribution in [1.29, 1.82) is 0 Å². The van der Waals surface area contributed by atoms with Gasteiger partial charge < -0.3 is 15.2 Å². The highest BCUT2D eigenvalue weighted by molar-refractivity contribution is 7.18. The number of thiazole rings is 2. The second-order valence-corrected chi connectivity index (χ2v) is 12.0. The van der Waals surface area contributed by atoms with Crippen LogP contribution in [0, 0.1) is 6.92 Å². The van der Waals surface area contributed by atoms with Crippen molar-refractivity contribution in [1.82, 2.24) is 19.8 Å². The first kappa shape index (κ1) is 27.0. The van der Waals surface area contributed by atoms with Crippen molar-refractivity contribution in [2.24, 2.45) is 0 Å². The van der Waals surface area contributed by atoms with E-state index in [9.17, 15) is 9.90 Å². The molecule has 0 aliphatic carbocycles. The molecule has 4 aromatic rings. The monoisotopic (exact) mass is 571 g/mol. The van der Waals surface area contributed by atoms with Crippen LogP contribution >= 0.6 is 34.3 Å². The molecule has 2 aromatic carbocycles. The summed E-state index contributed by atoms with van der Waals surface area (Å²) in [5.41, 5.74) is 2.69. The van der Waals surface area contributed by atoms with E-state index in [2.05, 4.69) is 32.0 Å². The van der Waals surface area contributed by atoms with Crippen molar-refractivity contribution in [2.45, 2.75) is 26.0 Å². The molecule has 1 amide bonds. The lowest BCUT2D eigenvalue weighted by Gasteiger charge is -2.40. The minimum Gasteiger partial charge on any atom is -0.491 e. The van der Waals surface area contributed by atoms with Gasteiger partial charge >= 0.3 is 0 Å². The van der Waals surface area contributed by atoms with Crippen molar-refractivity contribution in [3.05, 3.63) is 57.9 Å². The molecule has 5 rings (SSSR count). The fourth-order valence-corrected chi connectivity index (χ4v) is 6.23. The van der Waals surface area contributed by atoms with E-state index in [1.807, 2.05) is 54.8 Å². The van der Waals surface area contributed by atoms with E-state index in [4.69, 9.17) is 16.3 Å². The van der Waals surface area contributed by atoms with Crippen molar-refractivity contribution in [3.63, 3.8) is 0 Å². The molecule has 1 saturated heterocycles. The number of aliphatic hydroxyl groups is 1. The minimum atomic E-state index is -0.611. The molecule has 1 aliphatic heterocycles. The standard InChI is InChI=1S/C27H30ClN5O3S2/c1-17-12-32(14-26(35)31-27-30-24(16-37-27)19-3-5-20(28)6-4-19)9-10-33(17)13-21(34)15-36-22-7-8-25-23(11-22)29-18(2)38-25/h3-8,11,16-17,21,34H,9-10,12-15H2,1-2H3,(H,30,31,35)/t17-,21+/m0/s1. The first-order valence-electron chi connectivity index (χ1n) is 12.5. The van der Waals surface area contributed by atoms with Crippen LogP contribution in [0.15, 0.2) is 47.8 Å². The summed E-state index contributed by atoms with van der Waals surface area (Å²) in [5.74, 6) is 0.634. The van der Waals surface area contributed by atoms with Crippen LogP contribution in [0.5, 0.6) is 5.75 Å². The molecule has 11 heteroatoms. The molecule has 2 atom stereocenters. The summed E-state index contributed by atoms with van der Waals surface area (Å²) >= 11 is 9.02. The number of rotatable bonds is 9. The number of halogens is 1. The van der Waals surface area contributed by atoms with Gasteiger partial charge in [0.25, 0.3) is 0 Å². The van der Waals surface area contributed by atoms with E-state index < -0.39 is 6.10 Å². The second kappa shape index (κ2) is 12.1. The number of benzene rings is 2. The Morgan fingerprint density at radius 1 is 1.24 bits per heavy atom. The molecular formula is C27H30ClN5O3S2. The molecule has 3 heterocycles. The van der Waals surface area contributed by atoms with Gasteiger partial charge in [0.05, 0.1) is 27.5 Å². The number of amides is 1. The zero-order chi connectivity index (χ0) is 26.6. The summed E-state index contributed by atoms with van der Waals surface area (Å²) in [6, 6.07) is 13.5. The molecule has 38 heavy (non-hydrogen) atoms. The van der Waals surface area contributed by atoms with E-state index in [1.165, 1.54) is 11.3 Å². The van der Waals surface area contributed by atoms with Gasteiger partial charge in [0, 0.05) is 54.3 Å². The maximum atomic E-state index is 12.7. The Balaban J connectivity index is 1.05. The van der Waals surface area contributed by atoms with Gasteiger partial charge in [0.1, 0.15) is 18.5 Å². The Bertz CT molecular complexity index is 1390. The number of nitrogens with one attached hydrogen (secondary N) is 1. The number of anilines is 1. The van der Waals surface area contributed by atoms with Gasteiger partial charge in [-0.2, -0.15) is 0 Å². The molecule has 200 valence electrons. The molecule has 0 spiro atoms. The quantitative estimate of drug-likeness (QED) is 0.299. The third-order valence-corrected chi connectivity index (χ3v) is 8.42. The smallest absolute Gasteiger partial charge is 0.240 e. The Kier molecular flexibility index (Phi) is 8.57. The summed E-state index contributed by atoms with van der Waals surface area (Å²) in [5, 5.41) is 17.7. The Hall–Kier alpha value is -2.60. The SMILES string of the molecule is Cc1nc2cc(OC[C@H](O)CN3CCN(CC(=O)Nc4nc(-c5ccc(Cl)cc5)cs4)C[C@@H]3C)ccc2s1. The van der Waals surface area contributed by atoms with Gasteiger partial charge in [0.2, 0.25) is 5.91 Å². The zero-order valence-electron chi connectivity index (χ0n) is 21.3. The first-order chi connectivity index (χ1) is 18.3. The van der Waals surface area contributed by atoms with E-state index >= 15 is 0 Å². The summed E-state index contributed by atoms with van der Waals surface area (Å²) in [4.78, 5) is 26.1. The summed E-state index contributed by atoms with van der Waals surface area (Å²) in [6.07, 6.45) is -0.611. The summed E-state index contributed by atoms with van der Waals surface area (Å²) < 4.78 is 6.97. The van der Waals surface area contributed by atoms with Crippen molar-refractivity contribution in [2.75, 3.05) is 44.6 Å². The van der Waals surface area contributed by atoms with E-state index in [-0.39, 0.29) is 18.6 Å². The number of piperazine rings is 1. The average Bonchev–Trinajstić information content (AvgIpc) is 3.50. The van der Waals surface area contributed by atoms with Crippen LogP contribution in [0.4, 0.5) is 5.13 Å². The second-order valence-electron chi connectivity index (χ2n) is 9.50. The van der Waals surface area contributed by atoms with Crippen LogP contribution in [0.1, 0.15) is 11.9 Å². The van der Waals surface area contributed by atoms with Gasteiger partial charge in [-0.05, 0) is 38.1 Å². The number of aryl methyl sites for hydroxylation is 1. The Morgan fingerprint density at radius 2 is 2.05 bits per heavy atom. The number of aliphatic hydroxyl groups excluding tert-OH is 1. The predicted molar refractivity (Wildman–Crippen MR) is 155 cm³/mol. The fourth-order valence-electron chi connectivity index (χ4n) is 4.56. The number of fused-ring (bicyclic) bond motifs is 1. The Morgan fingerprint density at radius 3 is 2.84 bits per heavy atom. The lowest BCUT2D eigenvalue weighted by molar-refractivity contribution is -0.118. The highest BCUT2D eigenvalue weighted by atomic mass is 35.5. The summed E-state index contributed by atoms with van der Waals surface area (Å²) in [7, 11) is 0. The van der Waals surface area contributed by atoms with Gasteiger partial charge in [-0.1, -0.05) is 23.7 Å². The maximum Gasteiger partial charge on any atom is 0.240 e. The highest BCUT2D eigenvalue weighted by Gasteiger charge is 2.26. The van der Waals surface area contributed by atoms with E-state index in [0.717, 1.165) is 46.1 Å². The number of nitrogens with zero attached hydrogens (tertiary/aromatic N) is 4. The molecule has 8 nitrogen and oxygen atoms in total. The lowest BCUT2D eigenvalue weighted by atomic mass is 10.1.